The molecule has 72 valence electrons. The molecule has 1 aromatic heterocycles. The van der Waals surface area contributed by atoms with Gasteiger partial charge in [-0.3, -0.25) is 10.1 Å². The number of nitrogens with zero attached hydrogens (tertiary/aromatic N) is 1. The quantitative estimate of drug-likeness (QED) is 0.713. The minimum atomic E-state index is -0.110. The molecule has 0 unspecified atom stereocenters. The topological polar surface area (TPSA) is 81.2 Å². The highest BCUT2D eigenvalue weighted by Gasteiger charge is 2.05. The Hall–Kier alpha value is -1.36. The summed E-state index contributed by atoms with van der Waals surface area (Å²) in [5, 5.41) is 2.51. The number of anilines is 1. The van der Waals surface area contributed by atoms with Gasteiger partial charge in [-0.05, 0) is 6.54 Å². The molecule has 0 aliphatic rings. The van der Waals surface area contributed by atoms with E-state index >= 15 is 0 Å². The maximum Gasteiger partial charge on any atom is 0.301 e. The minimum absolute atomic E-state index is 0.110. The SMILES string of the molecule is CCC(=O)Nc1nc(CCN)co1. The normalized spacial score (nSPS) is 10.0. The van der Waals surface area contributed by atoms with Crippen molar-refractivity contribution < 1.29 is 9.21 Å². The number of rotatable bonds is 4. The lowest BCUT2D eigenvalue weighted by molar-refractivity contribution is -0.116. The van der Waals surface area contributed by atoms with Crippen LogP contribution in [0.1, 0.15) is 19.0 Å². The van der Waals surface area contributed by atoms with Crippen molar-refractivity contribution in [1.82, 2.24) is 4.98 Å². The summed E-state index contributed by atoms with van der Waals surface area (Å²) < 4.78 is 4.99. The lowest BCUT2D eigenvalue weighted by Gasteiger charge is -1.94. The first-order valence-corrected chi connectivity index (χ1v) is 4.20. The Labute approximate surface area is 76.3 Å². The Morgan fingerprint density at radius 3 is 3.15 bits per heavy atom. The van der Waals surface area contributed by atoms with Crippen LogP contribution in [0, 0.1) is 0 Å². The Bertz CT molecular complexity index is 283. The molecule has 0 aromatic carbocycles. The predicted octanol–water partition coefficient (Wildman–Crippen LogP) is 0.524. The van der Waals surface area contributed by atoms with Crippen LogP contribution in [0.3, 0.4) is 0 Å². The van der Waals surface area contributed by atoms with Crippen LogP contribution < -0.4 is 11.1 Å². The van der Waals surface area contributed by atoms with Gasteiger partial charge < -0.3 is 10.2 Å². The summed E-state index contributed by atoms with van der Waals surface area (Å²) in [5.74, 6) is -0.110. The van der Waals surface area contributed by atoms with Crippen molar-refractivity contribution >= 4 is 11.9 Å². The first-order chi connectivity index (χ1) is 6.26. The molecule has 0 aliphatic carbocycles. The standard InChI is InChI=1S/C8H13N3O2/c1-2-7(12)11-8-10-6(3-4-9)5-13-8/h5H,2-4,9H2,1H3,(H,10,11,12). The van der Waals surface area contributed by atoms with Crippen molar-refractivity contribution in [3.63, 3.8) is 0 Å². The first-order valence-electron chi connectivity index (χ1n) is 4.20. The van der Waals surface area contributed by atoms with Crippen molar-refractivity contribution in [2.24, 2.45) is 5.73 Å². The molecule has 5 heteroatoms. The predicted molar refractivity (Wildman–Crippen MR) is 48.2 cm³/mol. The monoisotopic (exact) mass is 183 g/mol. The van der Waals surface area contributed by atoms with Gasteiger partial charge in [-0.25, -0.2) is 0 Å². The molecule has 0 spiro atoms. The van der Waals surface area contributed by atoms with Crippen LogP contribution in [0.5, 0.6) is 0 Å². The first kappa shape index (κ1) is 9.73. The second kappa shape index (κ2) is 4.61. The number of hydrogen-bond acceptors (Lipinski definition) is 4. The van der Waals surface area contributed by atoms with Gasteiger partial charge in [0.2, 0.25) is 5.91 Å². The molecule has 0 atom stereocenters. The average molecular weight is 183 g/mol. The van der Waals surface area contributed by atoms with Crippen LogP contribution >= 0.6 is 0 Å². The zero-order valence-electron chi connectivity index (χ0n) is 7.54. The van der Waals surface area contributed by atoms with Crippen molar-refractivity contribution in [2.75, 3.05) is 11.9 Å². The second-order valence-electron chi connectivity index (χ2n) is 2.58. The highest BCUT2D eigenvalue weighted by atomic mass is 16.4. The Balaban J connectivity index is 2.53. The molecule has 1 aromatic rings. The van der Waals surface area contributed by atoms with E-state index in [0.29, 0.717) is 19.4 Å². The van der Waals surface area contributed by atoms with E-state index in [1.165, 1.54) is 6.26 Å². The fourth-order valence-corrected chi connectivity index (χ4v) is 0.835. The van der Waals surface area contributed by atoms with E-state index in [4.69, 9.17) is 10.2 Å². The number of nitrogens with one attached hydrogen (secondary N) is 1. The molecule has 1 heterocycles. The van der Waals surface area contributed by atoms with Gasteiger partial charge in [0.05, 0.1) is 5.69 Å². The molecule has 3 N–H and O–H groups in total. The van der Waals surface area contributed by atoms with Crippen LogP contribution in [0.25, 0.3) is 0 Å². The van der Waals surface area contributed by atoms with E-state index in [9.17, 15) is 4.79 Å². The van der Waals surface area contributed by atoms with Gasteiger partial charge in [-0.15, -0.1) is 0 Å². The van der Waals surface area contributed by atoms with Crippen LogP contribution in [-0.4, -0.2) is 17.4 Å². The molecular formula is C8H13N3O2. The summed E-state index contributed by atoms with van der Waals surface area (Å²) >= 11 is 0. The number of aromatic nitrogens is 1. The summed E-state index contributed by atoms with van der Waals surface area (Å²) in [7, 11) is 0. The van der Waals surface area contributed by atoms with E-state index in [1.807, 2.05) is 0 Å². The summed E-state index contributed by atoms with van der Waals surface area (Å²) in [5.41, 5.74) is 6.09. The molecule has 0 saturated heterocycles. The third-order valence-corrected chi connectivity index (χ3v) is 1.52. The Kier molecular flexibility index (Phi) is 3.45. The molecule has 1 amide bonds. The largest absolute Gasteiger partial charge is 0.432 e. The second-order valence-corrected chi connectivity index (χ2v) is 2.58. The van der Waals surface area contributed by atoms with Crippen molar-refractivity contribution in [2.45, 2.75) is 19.8 Å². The van der Waals surface area contributed by atoms with Crippen LogP contribution in [0.2, 0.25) is 0 Å². The zero-order valence-corrected chi connectivity index (χ0v) is 7.54. The fourth-order valence-electron chi connectivity index (χ4n) is 0.835. The molecule has 0 bridgehead atoms. The smallest absolute Gasteiger partial charge is 0.301 e. The van der Waals surface area contributed by atoms with Crippen molar-refractivity contribution in [1.29, 1.82) is 0 Å². The maximum atomic E-state index is 10.9. The fraction of sp³-hybridized carbons (Fsp3) is 0.500. The molecule has 13 heavy (non-hydrogen) atoms. The van der Waals surface area contributed by atoms with Crippen LogP contribution in [-0.2, 0) is 11.2 Å². The number of nitrogens with two attached hydrogens (primary N) is 1. The van der Waals surface area contributed by atoms with E-state index in [2.05, 4.69) is 10.3 Å². The molecule has 0 radical (unpaired) electrons. The molecule has 0 aliphatic heterocycles. The van der Waals surface area contributed by atoms with E-state index < -0.39 is 0 Å². The van der Waals surface area contributed by atoms with Crippen molar-refractivity contribution in [3.05, 3.63) is 12.0 Å². The Morgan fingerprint density at radius 1 is 1.77 bits per heavy atom. The lowest BCUT2D eigenvalue weighted by atomic mass is 10.3. The third-order valence-electron chi connectivity index (χ3n) is 1.52. The van der Waals surface area contributed by atoms with Crippen LogP contribution in [0.15, 0.2) is 10.7 Å². The lowest BCUT2D eigenvalue weighted by Crippen LogP contribution is -2.10. The van der Waals surface area contributed by atoms with Gasteiger partial charge in [-0.2, -0.15) is 4.98 Å². The van der Waals surface area contributed by atoms with Gasteiger partial charge >= 0.3 is 6.01 Å². The highest BCUT2D eigenvalue weighted by Crippen LogP contribution is 2.07. The molecule has 0 fully saturated rings. The van der Waals surface area contributed by atoms with Gasteiger partial charge in [0.15, 0.2) is 0 Å². The van der Waals surface area contributed by atoms with Gasteiger partial charge in [0, 0.05) is 12.8 Å². The van der Waals surface area contributed by atoms with Crippen LogP contribution in [0.4, 0.5) is 6.01 Å². The number of hydrogen-bond donors (Lipinski definition) is 2. The number of carbonyl (C=O) groups excluding carboxylic acids is 1. The maximum absolute atomic E-state index is 10.9. The van der Waals surface area contributed by atoms with E-state index in [0.717, 1.165) is 5.69 Å². The summed E-state index contributed by atoms with van der Waals surface area (Å²) in [4.78, 5) is 14.9. The third kappa shape index (κ3) is 2.87. The van der Waals surface area contributed by atoms with Gasteiger partial charge in [0.25, 0.3) is 0 Å². The summed E-state index contributed by atoms with van der Waals surface area (Å²) in [6.07, 6.45) is 2.57. The van der Waals surface area contributed by atoms with Gasteiger partial charge in [-0.1, -0.05) is 6.92 Å². The number of amides is 1. The van der Waals surface area contributed by atoms with E-state index in [1.54, 1.807) is 6.92 Å². The molecule has 1 rings (SSSR count). The minimum Gasteiger partial charge on any atom is -0.432 e. The number of carbonyl (C=O) groups is 1. The number of oxazole rings is 1. The average Bonchev–Trinajstić information content (AvgIpc) is 2.53. The Morgan fingerprint density at radius 2 is 2.54 bits per heavy atom. The highest BCUT2D eigenvalue weighted by molar-refractivity contribution is 5.88. The summed E-state index contributed by atoms with van der Waals surface area (Å²) in [6, 6.07) is 0.246. The molecule has 5 nitrogen and oxygen atoms in total. The molecular weight excluding hydrogens is 170 g/mol. The van der Waals surface area contributed by atoms with Gasteiger partial charge in [0.1, 0.15) is 6.26 Å². The van der Waals surface area contributed by atoms with E-state index in [-0.39, 0.29) is 11.9 Å². The summed E-state index contributed by atoms with van der Waals surface area (Å²) in [6.45, 7) is 2.28. The zero-order chi connectivity index (χ0) is 9.68. The van der Waals surface area contributed by atoms with Crippen molar-refractivity contribution in [3.8, 4) is 0 Å². The molecule has 0 saturated carbocycles.